The van der Waals surface area contributed by atoms with Gasteiger partial charge in [-0.25, -0.2) is 13.8 Å². The molecule has 0 atom stereocenters. The number of likely N-dealkylation sites (N-methyl/N-ethyl adjacent to an activating group) is 1. The monoisotopic (exact) mass is 284 g/mol. The summed E-state index contributed by atoms with van der Waals surface area (Å²) in [6.45, 7) is 1.51. The zero-order valence-corrected chi connectivity index (χ0v) is 11.6. The van der Waals surface area contributed by atoms with E-state index < -0.39 is 11.6 Å². The Morgan fingerprint density at radius 3 is 2.65 bits per heavy atom. The van der Waals surface area contributed by atoms with Crippen LogP contribution in [0.4, 0.5) is 20.4 Å². The van der Waals surface area contributed by atoms with Crippen LogP contribution in [-0.4, -0.2) is 49.5 Å². The molecule has 1 fully saturated rings. The average molecular weight is 284 g/mol. The third-order valence-corrected chi connectivity index (χ3v) is 3.34. The molecule has 0 unspecified atom stereocenters. The lowest BCUT2D eigenvalue weighted by molar-refractivity contribution is -0.128. The minimum Gasteiger partial charge on any atom is -0.371 e. The van der Waals surface area contributed by atoms with Crippen LogP contribution in [0.5, 0.6) is 0 Å². The minimum atomic E-state index is -0.779. The first-order valence-electron chi connectivity index (χ1n) is 6.55. The number of amides is 1. The number of carbonyl (C=O) groups is 1. The highest BCUT2D eigenvalue weighted by atomic mass is 19.1. The number of carbonyl (C=O) groups excluding carboxylic acids is 1. The Hall–Kier alpha value is -1.92. The van der Waals surface area contributed by atoms with Crippen molar-refractivity contribution in [3.05, 3.63) is 17.7 Å². The number of nitrogens with zero attached hydrogens (tertiary/aromatic N) is 3. The lowest BCUT2D eigenvalue weighted by Gasteiger charge is -2.22. The number of aromatic nitrogens is 1. The van der Waals surface area contributed by atoms with Gasteiger partial charge in [0.05, 0.1) is 6.54 Å². The molecule has 5 nitrogen and oxygen atoms in total. The standard InChI is InChI=1S/C13H18F2N4O/c1-16-12-9(14)7-10(15)13(17-12)18(2)8-11(20)19-5-3-4-6-19/h7H,3-6,8H2,1-2H3,(H,16,17). The van der Waals surface area contributed by atoms with Gasteiger partial charge < -0.3 is 15.1 Å². The van der Waals surface area contributed by atoms with Crippen molar-refractivity contribution in [3.8, 4) is 0 Å². The fraction of sp³-hybridized carbons (Fsp3) is 0.538. The Morgan fingerprint density at radius 2 is 2.05 bits per heavy atom. The van der Waals surface area contributed by atoms with Crippen LogP contribution in [-0.2, 0) is 4.79 Å². The predicted octanol–water partition coefficient (Wildman–Crippen LogP) is 1.46. The number of anilines is 2. The highest BCUT2D eigenvalue weighted by molar-refractivity contribution is 5.81. The summed E-state index contributed by atoms with van der Waals surface area (Å²) in [5, 5.41) is 2.55. The van der Waals surface area contributed by atoms with Crippen LogP contribution < -0.4 is 10.2 Å². The number of rotatable bonds is 4. The summed E-state index contributed by atoms with van der Waals surface area (Å²) in [7, 11) is 3.07. The van der Waals surface area contributed by atoms with Gasteiger partial charge in [-0.2, -0.15) is 0 Å². The van der Waals surface area contributed by atoms with E-state index in [0.717, 1.165) is 32.0 Å². The van der Waals surface area contributed by atoms with Crippen LogP contribution in [0.1, 0.15) is 12.8 Å². The van der Waals surface area contributed by atoms with Crippen LogP contribution in [0.2, 0.25) is 0 Å². The molecule has 0 radical (unpaired) electrons. The number of halogens is 2. The van der Waals surface area contributed by atoms with Gasteiger partial charge in [0.25, 0.3) is 0 Å². The summed E-state index contributed by atoms with van der Waals surface area (Å²) >= 11 is 0. The summed E-state index contributed by atoms with van der Waals surface area (Å²) in [4.78, 5) is 19.0. The molecule has 1 aromatic heterocycles. The molecule has 0 aliphatic carbocycles. The predicted molar refractivity (Wildman–Crippen MR) is 72.8 cm³/mol. The molecule has 7 heteroatoms. The van der Waals surface area contributed by atoms with Crippen LogP contribution in [0.3, 0.4) is 0 Å². The molecule has 0 aromatic carbocycles. The van der Waals surface area contributed by atoms with E-state index in [0.29, 0.717) is 0 Å². The highest BCUT2D eigenvalue weighted by Gasteiger charge is 2.21. The number of nitrogens with one attached hydrogen (secondary N) is 1. The van der Waals surface area contributed by atoms with E-state index in [-0.39, 0.29) is 24.1 Å². The van der Waals surface area contributed by atoms with Crippen molar-refractivity contribution in [1.82, 2.24) is 9.88 Å². The van der Waals surface area contributed by atoms with Crippen LogP contribution in [0.15, 0.2) is 6.07 Å². The smallest absolute Gasteiger partial charge is 0.242 e. The van der Waals surface area contributed by atoms with Gasteiger partial charge in [0, 0.05) is 33.3 Å². The van der Waals surface area contributed by atoms with Crippen LogP contribution in [0, 0.1) is 11.6 Å². The van der Waals surface area contributed by atoms with E-state index in [1.54, 1.807) is 11.9 Å². The lowest BCUT2D eigenvalue weighted by atomic mass is 10.3. The first-order valence-corrected chi connectivity index (χ1v) is 6.55. The molecule has 0 bridgehead atoms. The summed E-state index contributed by atoms with van der Waals surface area (Å²) in [6, 6.07) is 0.769. The van der Waals surface area contributed by atoms with Gasteiger partial charge in [0.1, 0.15) is 0 Å². The van der Waals surface area contributed by atoms with Crippen molar-refractivity contribution < 1.29 is 13.6 Å². The Bertz CT molecular complexity index is 503. The molecular formula is C13H18F2N4O. The second kappa shape index (κ2) is 6.02. The molecule has 110 valence electrons. The number of hydrogen-bond donors (Lipinski definition) is 1. The van der Waals surface area contributed by atoms with Crippen molar-refractivity contribution in [2.24, 2.45) is 0 Å². The van der Waals surface area contributed by atoms with Gasteiger partial charge in [0.15, 0.2) is 23.3 Å². The lowest BCUT2D eigenvalue weighted by Crippen LogP contribution is -2.38. The quantitative estimate of drug-likeness (QED) is 0.909. The Balaban J connectivity index is 2.12. The van der Waals surface area contributed by atoms with Gasteiger partial charge in [-0.3, -0.25) is 4.79 Å². The van der Waals surface area contributed by atoms with Gasteiger partial charge in [-0.15, -0.1) is 0 Å². The summed E-state index contributed by atoms with van der Waals surface area (Å²) < 4.78 is 27.1. The molecule has 1 amide bonds. The minimum absolute atomic E-state index is 0.0265. The molecule has 20 heavy (non-hydrogen) atoms. The number of hydrogen-bond acceptors (Lipinski definition) is 4. The normalized spacial score (nSPS) is 14.5. The highest BCUT2D eigenvalue weighted by Crippen LogP contribution is 2.21. The first kappa shape index (κ1) is 14.5. The molecule has 2 heterocycles. The van der Waals surface area contributed by atoms with Crippen LogP contribution in [0.25, 0.3) is 0 Å². The van der Waals surface area contributed by atoms with Crippen molar-refractivity contribution >= 4 is 17.5 Å². The maximum absolute atomic E-state index is 13.7. The second-order valence-electron chi connectivity index (χ2n) is 4.82. The third-order valence-electron chi connectivity index (χ3n) is 3.34. The largest absolute Gasteiger partial charge is 0.371 e. The molecule has 0 spiro atoms. The van der Waals surface area contributed by atoms with Gasteiger partial charge in [0.2, 0.25) is 5.91 Å². The number of pyridine rings is 1. The molecule has 1 aliphatic rings. The number of likely N-dealkylation sites (tertiary alicyclic amines) is 1. The maximum Gasteiger partial charge on any atom is 0.242 e. The Morgan fingerprint density at radius 1 is 1.40 bits per heavy atom. The Kier molecular flexibility index (Phi) is 4.36. The molecule has 0 saturated carbocycles. The van der Waals surface area contributed by atoms with Gasteiger partial charge >= 0.3 is 0 Å². The maximum atomic E-state index is 13.7. The first-order chi connectivity index (χ1) is 9.52. The van der Waals surface area contributed by atoms with E-state index in [1.165, 1.54) is 11.9 Å². The fourth-order valence-electron chi connectivity index (χ4n) is 2.24. The summed E-state index contributed by atoms with van der Waals surface area (Å²) in [6.07, 6.45) is 2.00. The van der Waals surface area contributed by atoms with E-state index >= 15 is 0 Å². The zero-order chi connectivity index (χ0) is 14.7. The van der Waals surface area contributed by atoms with E-state index in [4.69, 9.17) is 0 Å². The van der Waals surface area contributed by atoms with E-state index in [9.17, 15) is 13.6 Å². The van der Waals surface area contributed by atoms with Crippen molar-refractivity contribution in [3.63, 3.8) is 0 Å². The third kappa shape index (κ3) is 2.97. The molecule has 1 N–H and O–H groups in total. The molecule has 2 rings (SSSR count). The summed E-state index contributed by atoms with van der Waals surface area (Å²) in [5.41, 5.74) is 0. The SMILES string of the molecule is CNc1nc(N(C)CC(=O)N2CCCC2)c(F)cc1F. The molecule has 1 saturated heterocycles. The second-order valence-corrected chi connectivity index (χ2v) is 4.82. The van der Waals surface area contributed by atoms with E-state index in [2.05, 4.69) is 10.3 Å². The Labute approximate surface area is 116 Å². The van der Waals surface area contributed by atoms with Crippen molar-refractivity contribution in [1.29, 1.82) is 0 Å². The van der Waals surface area contributed by atoms with Gasteiger partial charge in [-0.1, -0.05) is 0 Å². The summed E-state index contributed by atoms with van der Waals surface area (Å²) in [5.74, 6) is -1.68. The van der Waals surface area contributed by atoms with E-state index in [1.807, 2.05) is 0 Å². The van der Waals surface area contributed by atoms with Crippen LogP contribution >= 0.6 is 0 Å². The molecule has 1 aromatic rings. The topological polar surface area (TPSA) is 48.5 Å². The molecular weight excluding hydrogens is 266 g/mol. The van der Waals surface area contributed by atoms with Crippen molar-refractivity contribution in [2.45, 2.75) is 12.8 Å². The fourth-order valence-corrected chi connectivity index (χ4v) is 2.24. The van der Waals surface area contributed by atoms with Gasteiger partial charge in [-0.05, 0) is 12.8 Å². The zero-order valence-electron chi connectivity index (χ0n) is 11.6. The molecule has 1 aliphatic heterocycles. The van der Waals surface area contributed by atoms with Crippen molar-refractivity contribution in [2.75, 3.05) is 43.9 Å². The average Bonchev–Trinajstić information content (AvgIpc) is 2.92.